The second-order valence-corrected chi connectivity index (χ2v) is 17.0. The van der Waals surface area contributed by atoms with E-state index >= 15 is 0 Å². The van der Waals surface area contributed by atoms with Gasteiger partial charge in [0.05, 0.1) is 30.7 Å². The fourth-order valence-electron chi connectivity index (χ4n) is 6.86. The normalized spacial score (nSPS) is 11.2. The summed E-state index contributed by atoms with van der Waals surface area (Å²) in [5.41, 5.74) is 8.10. The second kappa shape index (κ2) is 20.0. The van der Waals surface area contributed by atoms with Crippen LogP contribution in [0.15, 0.2) is 181 Å². The number of carbonyl (C=O) groups excluding carboxylic acids is 3. The van der Waals surface area contributed by atoms with Crippen molar-refractivity contribution in [3.05, 3.63) is 209 Å². The van der Waals surface area contributed by atoms with E-state index in [9.17, 15) is 22.8 Å². The molecule has 11 heteroatoms. The molecule has 0 radical (unpaired) electrons. The van der Waals surface area contributed by atoms with Gasteiger partial charge >= 0.3 is 11.9 Å². The van der Waals surface area contributed by atoms with Gasteiger partial charge in [-0.2, -0.15) is 4.31 Å². The lowest BCUT2D eigenvalue weighted by molar-refractivity contribution is -0.118. The van der Waals surface area contributed by atoms with E-state index in [-0.39, 0.29) is 36.0 Å². The van der Waals surface area contributed by atoms with Crippen LogP contribution >= 0.6 is 0 Å². The van der Waals surface area contributed by atoms with E-state index in [4.69, 9.17) is 14.2 Å². The average Bonchev–Trinajstić information content (AvgIpc) is 3.32. The van der Waals surface area contributed by atoms with Crippen molar-refractivity contribution < 1.29 is 37.0 Å². The molecule has 0 aromatic heterocycles. The molecule has 63 heavy (non-hydrogen) atoms. The molecular weight excluding hydrogens is 813 g/mol. The molecule has 0 atom stereocenters. The van der Waals surface area contributed by atoms with Crippen LogP contribution in [0.3, 0.4) is 0 Å². The van der Waals surface area contributed by atoms with E-state index in [1.807, 2.05) is 128 Å². The predicted molar refractivity (Wildman–Crippen MR) is 244 cm³/mol. The molecule has 7 rings (SSSR count). The van der Waals surface area contributed by atoms with Gasteiger partial charge in [0.1, 0.15) is 24.5 Å². The number of hydrogen-bond donors (Lipinski definition) is 0. The molecule has 0 N–H and O–H groups in total. The van der Waals surface area contributed by atoms with E-state index in [2.05, 4.69) is 0 Å². The third-order valence-electron chi connectivity index (χ3n) is 10.5. The van der Waals surface area contributed by atoms with Gasteiger partial charge in [0.15, 0.2) is 0 Å². The van der Waals surface area contributed by atoms with Gasteiger partial charge in [-0.05, 0) is 82.3 Å². The standard InChI is InChI=1S/C52H46N2O8S/c1-37-17-28-47(29-18-37)63(58,59)53(2)34-50(55)54(33-38-19-21-41(22-20-38)42-23-25-43(26-24-42)44-15-10-16-45(31-44)51(56)60-3)46-27-30-48(52(57)62-36-40-13-8-5-9-14-40)49(32-46)61-35-39-11-6-4-7-12-39/h4-32H,33-36H2,1-3H3. The molecule has 7 aromatic rings. The lowest BCUT2D eigenvalue weighted by Gasteiger charge is -2.27. The van der Waals surface area contributed by atoms with Crippen molar-refractivity contribution >= 4 is 33.6 Å². The van der Waals surface area contributed by atoms with Crippen molar-refractivity contribution in [1.29, 1.82) is 0 Å². The minimum atomic E-state index is -4.02. The highest BCUT2D eigenvalue weighted by Gasteiger charge is 2.27. The Kier molecular flexibility index (Phi) is 13.9. The number of sulfonamides is 1. The molecule has 0 spiro atoms. The van der Waals surface area contributed by atoms with E-state index in [1.165, 1.54) is 31.2 Å². The monoisotopic (exact) mass is 858 g/mol. The smallest absolute Gasteiger partial charge is 0.342 e. The van der Waals surface area contributed by atoms with Crippen molar-refractivity contribution in [1.82, 2.24) is 4.31 Å². The number of ether oxygens (including phenoxy) is 3. The van der Waals surface area contributed by atoms with Crippen molar-refractivity contribution in [3.63, 3.8) is 0 Å². The number of amides is 1. The predicted octanol–water partition coefficient (Wildman–Crippen LogP) is 9.91. The Hall–Kier alpha value is -7.34. The van der Waals surface area contributed by atoms with Crippen LogP contribution in [0.5, 0.6) is 5.75 Å². The third kappa shape index (κ3) is 10.9. The topological polar surface area (TPSA) is 120 Å². The van der Waals surface area contributed by atoms with Crippen LogP contribution in [-0.2, 0) is 44.1 Å². The summed E-state index contributed by atoms with van der Waals surface area (Å²) in [6, 6.07) is 53.1. The fraction of sp³-hybridized carbons (Fsp3) is 0.135. The molecule has 0 bridgehead atoms. The lowest BCUT2D eigenvalue weighted by atomic mass is 9.98. The summed E-state index contributed by atoms with van der Waals surface area (Å²) in [6.07, 6.45) is 0. The van der Waals surface area contributed by atoms with Crippen LogP contribution < -0.4 is 9.64 Å². The zero-order chi connectivity index (χ0) is 44.3. The van der Waals surface area contributed by atoms with Crippen molar-refractivity contribution in [3.8, 4) is 28.0 Å². The summed E-state index contributed by atoms with van der Waals surface area (Å²) >= 11 is 0. The molecule has 1 amide bonds. The first-order valence-corrected chi connectivity index (χ1v) is 21.7. The SMILES string of the molecule is COC(=O)c1cccc(-c2ccc(-c3ccc(CN(C(=O)CN(C)S(=O)(=O)c4ccc(C)cc4)c4ccc(C(=O)OCc5ccccc5)c(OCc5ccccc5)c4)cc3)cc2)c1. The Morgan fingerprint density at radius 3 is 1.78 bits per heavy atom. The van der Waals surface area contributed by atoms with E-state index < -0.39 is 34.4 Å². The highest BCUT2D eigenvalue weighted by molar-refractivity contribution is 7.89. The number of hydrogen-bond acceptors (Lipinski definition) is 8. The maximum Gasteiger partial charge on any atom is 0.342 e. The van der Waals surface area contributed by atoms with Crippen LogP contribution in [0.1, 0.15) is 43.0 Å². The van der Waals surface area contributed by atoms with Gasteiger partial charge < -0.3 is 19.1 Å². The number of carbonyl (C=O) groups is 3. The second-order valence-electron chi connectivity index (χ2n) is 14.9. The maximum absolute atomic E-state index is 14.4. The highest BCUT2D eigenvalue weighted by atomic mass is 32.2. The van der Waals surface area contributed by atoms with Gasteiger partial charge in [0.2, 0.25) is 15.9 Å². The minimum absolute atomic E-state index is 0.0526. The minimum Gasteiger partial charge on any atom is -0.488 e. The number of anilines is 1. The molecule has 0 saturated heterocycles. The first-order chi connectivity index (χ1) is 30.5. The Morgan fingerprint density at radius 1 is 0.571 bits per heavy atom. The summed E-state index contributed by atoms with van der Waals surface area (Å²) in [7, 11) is -1.29. The van der Waals surface area contributed by atoms with E-state index in [0.29, 0.717) is 11.3 Å². The molecular formula is C52H46N2O8S. The van der Waals surface area contributed by atoms with E-state index in [0.717, 1.165) is 48.8 Å². The summed E-state index contributed by atoms with van der Waals surface area (Å²) in [6.45, 7) is 1.66. The summed E-state index contributed by atoms with van der Waals surface area (Å²) in [5, 5.41) is 0. The zero-order valence-corrected chi connectivity index (χ0v) is 36.0. The van der Waals surface area contributed by atoms with Crippen LogP contribution in [0.4, 0.5) is 5.69 Å². The van der Waals surface area contributed by atoms with Crippen molar-refractivity contribution in [2.45, 2.75) is 31.6 Å². The van der Waals surface area contributed by atoms with Crippen LogP contribution in [0.25, 0.3) is 22.3 Å². The molecule has 318 valence electrons. The molecule has 7 aromatic carbocycles. The van der Waals surface area contributed by atoms with Gasteiger partial charge in [-0.25, -0.2) is 18.0 Å². The highest BCUT2D eigenvalue weighted by Crippen LogP contribution is 2.31. The van der Waals surface area contributed by atoms with Crippen LogP contribution in [-0.4, -0.2) is 51.3 Å². The molecule has 0 aliphatic carbocycles. The summed E-state index contributed by atoms with van der Waals surface area (Å²) < 4.78 is 45.2. The third-order valence-corrected chi connectivity index (χ3v) is 12.3. The first kappa shape index (κ1) is 43.7. The molecule has 0 unspecified atom stereocenters. The number of benzene rings is 7. The number of methoxy groups -OCH3 is 1. The van der Waals surface area contributed by atoms with Crippen LogP contribution in [0, 0.1) is 6.92 Å². The quantitative estimate of drug-likeness (QED) is 0.0882. The van der Waals surface area contributed by atoms with Crippen molar-refractivity contribution in [2.24, 2.45) is 0 Å². The fourth-order valence-corrected chi connectivity index (χ4v) is 7.98. The largest absolute Gasteiger partial charge is 0.488 e. The maximum atomic E-state index is 14.4. The van der Waals surface area contributed by atoms with E-state index in [1.54, 1.807) is 42.5 Å². The summed E-state index contributed by atoms with van der Waals surface area (Å²) in [4.78, 5) is 41.7. The van der Waals surface area contributed by atoms with Gasteiger partial charge in [-0.1, -0.05) is 139 Å². The van der Waals surface area contributed by atoms with Gasteiger partial charge in [-0.3, -0.25) is 4.79 Å². The van der Waals surface area contributed by atoms with Gasteiger partial charge in [0, 0.05) is 18.8 Å². The molecule has 0 fully saturated rings. The number of esters is 2. The average molecular weight is 859 g/mol. The Bertz CT molecular complexity index is 2800. The molecule has 0 saturated carbocycles. The summed E-state index contributed by atoms with van der Waals surface area (Å²) in [5.74, 6) is -1.31. The van der Waals surface area contributed by atoms with Crippen molar-refractivity contribution in [2.75, 3.05) is 25.6 Å². The van der Waals surface area contributed by atoms with Gasteiger partial charge in [0.25, 0.3) is 0 Å². The molecule has 0 aliphatic heterocycles. The number of aryl methyl sites for hydroxylation is 1. The number of rotatable bonds is 16. The first-order valence-electron chi connectivity index (χ1n) is 20.2. The Balaban J connectivity index is 1.18. The molecule has 0 aliphatic rings. The molecule has 10 nitrogen and oxygen atoms in total. The Labute approximate surface area is 368 Å². The zero-order valence-electron chi connectivity index (χ0n) is 35.1. The number of nitrogens with zero attached hydrogens (tertiary/aromatic N) is 2. The molecule has 0 heterocycles. The number of likely N-dealkylation sites (N-methyl/N-ethyl adjacent to an activating group) is 1. The van der Waals surface area contributed by atoms with Gasteiger partial charge in [-0.15, -0.1) is 0 Å². The lowest BCUT2D eigenvalue weighted by Crippen LogP contribution is -2.41. The Morgan fingerprint density at radius 2 is 1.16 bits per heavy atom. The van der Waals surface area contributed by atoms with Crippen LogP contribution in [0.2, 0.25) is 0 Å².